The zero-order valence-corrected chi connectivity index (χ0v) is 13.1. The fourth-order valence-electron chi connectivity index (χ4n) is 2.37. The van der Waals surface area contributed by atoms with E-state index in [-0.39, 0.29) is 11.5 Å². The summed E-state index contributed by atoms with van der Waals surface area (Å²) in [6, 6.07) is 10.5. The van der Waals surface area contributed by atoms with Crippen molar-refractivity contribution in [3.63, 3.8) is 0 Å². The summed E-state index contributed by atoms with van der Waals surface area (Å²) >= 11 is 0. The first-order chi connectivity index (χ1) is 11.2. The number of ketones is 1. The third kappa shape index (κ3) is 2.73. The van der Waals surface area contributed by atoms with Crippen molar-refractivity contribution in [2.45, 2.75) is 0 Å². The molecule has 2 aromatic carbocycles. The van der Waals surface area contributed by atoms with Crippen molar-refractivity contribution in [2.24, 2.45) is 0 Å². The summed E-state index contributed by atoms with van der Waals surface area (Å²) < 4.78 is 21.3. The van der Waals surface area contributed by atoms with Crippen LogP contribution in [0.1, 0.15) is 15.9 Å². The van der Waals surface area contributed by atoms with Gasteiger partial charge in [0, 0.05) is 17.7 Å². The van der Waals surface area contributed by atoms with Gasteiger partial charge in [0.15, 0.2) is 5.76 Å². The van der Waals surface area contributed by atoms with E-state index < -0.39 is 0 Å². The molecule has 1 aliphatic rings. The molecule has 0 N–H and O–H groups in total. The molecule has 5 nitrogen and oxygen atoms in total. The van der Waals surface area contributed by atoms with Crippen LogP contribution < -0.4 is 18.9 Å². The number of fused-ring (bicyclic) bond motifs is 1. The summed E-state index contributed by atoms with van der Waals surface area (Å²) in [7, 11) is 4.71. The van der Waals surface area contributed by atoms with Gasteiger partial charge >= 0.3 is 0 Å². The first-order valence-corrected chi connectivity index (χ1v) is 7.00. The highest BCUT2D eigenvalue weighted by Gasteiger charge is 2.28. The molecule has 0 fully saturated rings. The van der Waals surface area contributed by atoms with Crippen LogP contribution >= 0.6 is 0 Å². The monoisotopic (exact) mass is 312 g/mol. The molecule has 1 aliphatic heterocycles. The van der Waals surface area contributed by atoms with Gasteiger partial charge in [-0.2, -0.15) is 0 Å². The molecule has 0 bridgehead atoms. The minimum atomic E-state index is -0.166. The maximum Gasteiger partial charge on any atom is 0.231 e. The van der Waals surface area contributed by atoms with E-state index in [1.807, 2.05) is 6.07 Å². The van der Waals surface area contributed by atoms with E-state index in [1.165, 1.54) is 0 Å². The summed E-state index contributed by atoms with van der Waals surface area (Å²) in [5, 5.41) is 0. The van der Waals surface area contributed by atoms with Crippen LogP contribution in [0.15, 0.2) is 42.2 Å². The molecule has 2 aromatic rings. The highest BCUT2D eigenvalue weighted by Crippen LogP contribution is 2.36. The molecule has 118 valence electrons. The van der Waals surface area contributed by atoms with Crippen LogP contribution in [0.3, 0.4) is 0 Å². The van der Waals surface area contributed by atoms with Crippen LogP contribution in [0, 0.1) is 0 Å². The number of methoxy groups -OCH3 is 3. The SMILES string of the molecule is COc1ccc(/C=C2\Oc3cc(OC)ccc3C2=O)c(OC)c1. The van der Waals surface area contributed by atoms with Crippen LogP contribution in [-0.2, 0) is 0 Å². The summed E-state index contributed by atoms with van der Waals surface area (Å²) in [5.74, 6) is 2.49. The minimum absolute atomic E-state index is 0.166. The maximum absolute atomic E-state index is 12.4. The average molecular weight is 312 g/mol. The highest BCUT2D eigenvalue weighted by atomic mass is 16.5. The second-order valence-electron chi connectivity index (χ2n) is 4.91. The zero-order chi connectivity index (χ0) is 16.4. The van der Waals surface area contributed by atoms with E-state index in [9.17, 15) is 4.79 Å². The topological polar surface area (TPSA) is 54.0 Å². The van der Waals surface area contributed by atoms with Gasteiger partial charge in [0.25, 0.3) is 0 Å². The lowest BCUT2D eigenvalue weighted by molar-refractivity contribution is 0.101. The maximum atomic E-state index is 12.4. The average Bonchev–Trinajstić information content (AvgIpc) is 2.90. The third-order valence-corrected chi connectivity index (χ3v) is 3.60. The Morgan fingerprint density at radius 1 is 0.913 bits per heavy atom. The molecule has 0 saturated heterocycles. The van der Waals surface area contributed by atoms with Gasteiger partial charge in [-0.25, -0.2) is 0 Å². The van der Waals surface area contributed by atoms with Crippen molar-refractivity contribution >= 4 is 11.9 Å². The smallest absolute Gasteiger partial charge is 0.231 e. The van der Waals surface area contributed by atoms with E-state index in [0.29, 0.717) is 28.6 Å². The fraction of sp³-hybridized carbons (Fsp3) is 0.167. The van der Waals surface area contributed by atoms with Crippen LogP contribution in [0.2, 0.25) is 0 Å². The molecule has 23 heavy (non-hydrogen) atoms. The van der Waals surface area contributed by atoms with Gasteiger partial charge in [-0.1, -0.05) is 0 Å². The molecule has 3 rings (SSSR count). The number of hydrogen-bond acceptors (Lipinski definition) is 5. The van der Waals surface area contributed by atoms with Crippen LogP contribution in [0.5, 0.6) is 23.0 Å². The van der Waals surface area contributed by atoms with Gasteiger partial charge in [-0.15, -0.1) is 0 Å². The number of carbonyl (C=O) groups excluding carboxylic acids is 1. The standard InChI is InChI=1S/C18H16O5/c1-20-12-5-4-11(15(9-12)22-3)8-17-18(19)14-7-6-13(21-2)10-16(14)23-17/h4-10H,1-3H3/b17-8-. The number of ether oxygens (including phenoxy) is 4. The lowest BCUT2D eigenvalue weighted by Crippen LogP contribution is -1.99. The summed E-state index contributed by atoms with van der Waals surface area (Å²) in [4.78, 5) is 12.4. The molecule has 0 saturated carbocycles. The predicted octanol–water partition coefficient (Wildman–Crippen LogP) is 3.33. The molecule has 0 atom stereocenters. The Morgan fingerprint density at radius 2 is 1.61 bits per heavy atom. The Hall–Kier alpha value is -2.95. The molecule has 0 spiro atoms. The van der Waals surface area contributed by atoms with Crippen LogP contribution in [0.25, 0.3) is 6.08 Å². The van der Waals surface area contributed by atoms with E-state index in [4.69, 9.17) is 18.9 Å². The van der Waals surface area contributed by atoms with Gasteiger partial charge in [0.05, 0.1) is 26.9 Å². The quantitative estimate of drug-likeness (QED) is 0.811. The Morgan fingerprint density at radius 3 is 2.30 bits per heavy atom. The van der Waals surface area contributed by atoms with Gasteiger partial charge < -0.3 is 18.9 Å². The molecule has 5 heteroatoms. The molecule has 0 aromatic heterocycles. The Bertz CT molecular complexity index is 792. The van der Waals surface area contributed by atoms with Crippen LogP contribution in [0.4, 0.5) is 0 Å². The largest absolute Gasteiger partial charge is 0.497 e. The fourth-order valence-corrected chi connectivity index (χ4v) is 2.37. The van der Waals surface area contributed by atoms with E-state index in [0.717, 1.165) is 5.56 Å². The molecule has 0 unspecified atom stereocenters. The summed E-state index contributed by atoms with van der Waals surface area (Å²) in [6.45, 7) is 0. The van der Waals surface area contributed by atoms with E-state index in [2.05, 4.69) is 0 Å². The number of carbonyl (C=O) groups is 1. The summed E-state index contributed by atoms with van der Waals surface area (Å²) in [6.07, 6.45) is 1.66. The second-order valence-corrected chi connectivity index (χ2v) is 4.91. The zero-order valence-electron chi connectivity index (χ0n) is 13.1. The normalized spacial score (nSPS) is 14.4. The molecule has 1 heterocycles. The van der Waals surface area contributed by atoms with E-state index in [1.54, 1.807) is 57.7 Å². The first kappa shape index (κ1) is 15.0. The molecular weight excluding hydrogens is 296 g/mol. The molecule has 0 amide bonds. The minimum Gasteiger partial charge on any atom is -0.497 e. The Kier molecular flexibility index (Phi) is 3.93. The summed E-state index contributed by atoms with van der Waals surface area (Å²) in [5.41, 5.74) is 1.25. The number of Topliss-reactive ketones (excluding diaryl/α,β-unsaturated/α-hetero) is 1. The molecular formula is C18H16O5. The number of rotatable bonds is 4. The van der Waals surface area contributed by atoms with Crippen molar-refractivity contribution in [3.05, 3.63) is 53.3 Å². The van der Waals surface area contributed by atoms with Gasteiger partial charge in [0.1, 0.15) is 23.0 Å². The van der Waals surface area contributed by atoms with Crippen molar-refractivity contribution in [1.29, 1.82) is 0 Å². The van der Waals surface area contributed by atoms with Crippen molar-refractivity contribution in [1.82, 2.24) is 0 Å². The van der Waals surface area contributed by atoms with Crippen LogP contribution in [-0.4, -0.2) is 27.1 Å². The predicted molar refractivity (Wildman–Crippen MR) is 85.5 cm³/mol. The molecule has 0 aliphatic carbocycles. The van der Waals surface area contributed by atoms with Crippen molar-refractivity contribution in [2.75, 3.05) is 21.3 Å². The number of hydrogen-bond donors (Lipinski definition) is 0. The van der Waals surface area contributed by atoms with Gasteiger partial charge in [-0.3, -0.25) is 4.79 Å². The Balaban J connectivity index is 1.97. The van der Waals surface area contributed by atoms with Gasteiger partial charge in [0.2, 0.25) is 5.78 Å². The Labute approximate surface area is 134 Å². The van der Waals surface area contributed by atoms with Gasteiger partial charge in [-0.05, 0) is 30.3 Å². The lowest BCUT2D eigenvalue weighted by Gasteiger charge is -2.08. The van der Waals surface area contributed by atoms with Crippen molar-refractivity contribution in [3.8, 4) is 23.0 Å². The van der Waals surface area contributed by atoms with Crippen molar-refractivity contribution < 1.29 is 23.7 Å². The van der Waals surface area contributed by atoms with E-state index >= 15 is 0 Å². The molecule has 0 radical (unpaired) electrons. The number of allylic oxidation sites excluding steroid dienone is 1. The lowest BCUT2D eigenvalue weighted by atomic mass is 10.1. The third-order valence-electron chi connectivity index (χ3n) is 3.60. The highest BCUT2D eigenvalue weighted by molar-refractivity contribution is 6.14. The second kappa shape index (κ2) is 6.04. The number of benzene rings is 2. The first-order valence-electron chi connectivity index (χ1n) is 7.00.